The van der Waals surface area contributed by atoms with E-state index in [0.717, 1.165) is 24.1 Å². The normalized spacial score (nSPS) is 12.4. The number of hydrogen-bond acceptors (Lipinski definition) is 3. The molecule has 0 amide bonds. The molecule has 0 aliphatic rings. The Hall–Kier alpha value is -1.52. The molecule has 0 aliphatic carbocycles. The molecule has 0 saturated heterocycles. The van der Waals surface area contributed by atoms with Crippen molar-refractivity contribution in [3.63, 3.8) is 0 Å². The van der Waals surface area contributed by atoms with Crippen molar-refractivity contribution in [3.8, 4) is 5.75 Å². The Morgan fingerprint density at radius 2 is 2.20 bits per heavy atom. The van der Waals surface area contributed by atoms with E-state index in [2.05, 4.69) is 12.0 Å². The van der Waals surface area contributed by atoms with Crippen LogP contribution in [0.15, 0.2) is 24.4 Å². The molecule has 0 spiro atoms. The highest BCUT2D eigenvalue weighted by atomic mass is 35.5. The Morgan fingerprint density at radius 3 is 2.80 bits per heavy atom. The van der Waals surface area contributed by atoms with Crippen LogP contribution in [0.4, 0.5) is 0 Å². The van der Waals surface area contributed by atoms with E-state index in [1.165, 1.54) is 0 Å². The summed E-state index contributed by atoms with van der Waals surface area (Å²) >= 11 is 6.13. The van der Waals surface area contributed by atoms with Crippen molar-refractivity contribution >= 4 is 11.6 Å². The first kappa shape index (κ1) is 14.9. The summed E-state index contributed by atoms with van der Waals surface area (Å²) in [7, 11) is 1.58. The summed E-state index contributed by atoms with van der Waals surface area (Å²) in [5.74, 6) is 0.586. The highest BCUT2D eigenvalue weighted by Crippen LogP contribution is 2.31. The average Bonchev–Trinajstić information content (AvgIpc) is 2.84. The van der Waals surface area contributed by atoms with Gasteiger partial charge in [0.05, 0.1) is 13.3 Å². The van der Waals surface area contributed by atoms with Gasteiger partial charge in [0.1, 0.15) is 11.8 Å². The van der Waals surface area contributed by atoms with Gasteiger partial charge >= 0.3 is 0 Å². The maximum Gasteiger partial charge on any atom is 0.163 e. The van der Waals surface area contributed by atoms with Crippen molar-refractivity contribution in [3.05, 3.63) is 46.2 Å². The third-order valence-corrected chi connectivity index (χ3v) is 3.68. The van der Waals surface area contributed by atoms with Gasteiger partial charge in [-0.1, -0.05) is 30.7 Å². The van der Waals surface area contributed by atoms with Gasteiger partial charge in [-0.2, -0.15) is 5.10 Å². The molecule has 0 aliphatic heterocycles. The summed E-state index contributed by atoms with van der Waals surface area (Å²) in [6, 6.07) is 5.55. The summed E-state index contributed by atoms with van der Waals surface area (Å²) in [5.41, 5.74) is 2.38. The van der Waals surface area contributed by atoms with E-state index in [1.807, 2.05) is 19.1 Å². The lowest BCUT2D eigenvalue weighted by Crippen LogP contribution is -2.11. The van der Waals surface area contributed by atoms with Crippen molar-refractivity contribution in [2.45, 2.75) is 32.9 Å². The van der Waals surface area contributed by atoms with Crippen molar-refractivity contribution < 1.29 is 9.84 Å². The molecule has 2 rings (SSSR count). The van der Waals surface area contributed by atoms with Gasteiger partial charge in [-0.25, -0.2) is 0 Å². The number of methoxy groups -OCH3 is 1. The number of hydrogen-bond donors (Lipinski definition) is 1. The molecule has 1 aromatic carbocycles. The fraction of sp³-hybridized carbons (Fsp3) is 0.400. The molecule has 1 atom stereocenters. The maximum atomic E-state index is 10.6. The largest absolute Gasteiger partial charge is 0.493 e. The Bertz CT molecular complexity index is 596. The lowest BCUT2D eigenvalue weighted by molar-refractivity contribution is 0.202. The fourth-order valence-electron chi connectivity index (χ4n) is 2.14. The third kappa shape index (κ3) is 2.81. The molecule has 1 heterocycles. The molecular weight excluding hydrogens is 276 g/mol. The number of halogens is 1. The van der Waals surface area contributed by atoms with Gasteiger partial charge < -0.3 is 9.84 Å². The van der Waals surface area contributed by atoms with Crippen LogP contribution in [0.1, 0.15) is 36.3 Å². The Kier molecular flexibility index (Phi) is 4.68. The van der Waals surface area contributed by atoms with Crippen molar-refractivity contribution in [1.29, 1.82) is 0 Å². The first-order chi connectivity index (χ1) is 9.58. The number of aryl methyl sites for hydroxylation is 2. The summed E-state index contributed by atoms with van der Waals surface area (Å²) in [5, 5.41) is 15.5. The van der Waals surface area contributed by atoms with Gasteiger partial charge in [-0.3, -0.25) is 4.68 Å². The van der Waals surface area contributed by atoms with E-state index in [9.17, 15) is 5.11 Å². The maximum absolute atomic E-state index is 10.6. The standard InChI is InChI=1S/C15H19ClN2O2/c1-4-7-18-14(13(20-3)9-17-18)15(19)11-6-5-10(2)12(16)8-11/h5-6,8-9,15,19H,4,7H2,1-3H3. The number of aromatic nitrogens is 2. The molecular formula is C15H19ClN2O2. The predicted molar refractivity (Wildman–Crippen MR) is 79.3 cm³/mol. The van der Waals surface area contributed by atoms with Crippen molar-refractivity contribution in [2.75, 3.05) is 7.11 Å². The van der Waals surface area contributed by atoms with Crippen LogP contribution in [0.25, 0.3) is 0 Å². The molecule has 2 aromatic rings. The first-order valence-electron chi connectivity index (χ1n) is 6.62. The highest BCUT2D eigenvalue weighted by molar-refractivity contribution is 6.31. The highest BCUT2D eigenvalue weighted by Gasteiger charge is 2.21. The van der Waals surface area contributed by atoms with Gasteiger partial charge in [0.2, 0.25) is 0 Å². The van der Waals surface area contributed by atoms with E-state index in [1.54, 1.807) is 24.1 Å². The van der Waals surface area contributed by atoms with Crippen LogP contribution in [0, 0.1) is 6.92 Å². The summed E-state index contributed by atoms with van der Waals surface area (Å²) in [6.07, 6.45) is 1.75. The van der Waals surface area contributed by atoms with Gasteiger partial charge in [0.15, 0.2) is 5.75 Å². The number of nitrogens with zero attached hydrogens (tertiary/aromatic N) is 2. The fourth-order valence-corrected chi connectivity index (χ4v) is 2.33. The molecule has 4 nitrogen and oxygen atoms in total. The quantitative estimate of drug-likeness (QED) is 0.920. The van der Waals surface area contributed by atoms with E-state index in [-0.39, 0.29) is 0 Å². The molecule has 0 fully saturated rings. The second-order valence-electron chi connectivity index (χ2n) is 4.73. The van der Waals surface area contributed by atoms with E-state index in [4.69, 9.17) is 16.3 Å². The minimum absolute atomic E-state index is 0.586. The topological polar surface area (TPSA) is 47.3 Å². The Labute approximate surface area is 123 Å². The second kappa shape index (κ2) is 6.29. The zero-order valence-corrected chi connectivity index (χ0v) is 12.7. The van der Waals surface area contributed by atoms with Crippen LogP contribution in [-0.4, -0.2) is 22.0 Å². The van der Waals surface area contributed by atoms with Crippen LogP contribution in [0.3, 0.4) is 0 Å². The average molecular weight is 295 g/mol. The van der Waals surface area contributed by atoms with Gasteiger partial charge in [-0.15, -0.1) is 0 Å². The third-order valence-electron chi connectivity index (χ3n) is 3.27. The second-order valence-corrected chi connectivity index (χ2v) is 5.14. The summed E-state index contributed by atoms with van der Waals surface area (Å²) < 4.78 is 7.07. The number of benzene rings is 1. The minimum atomic E-state index is -0.808. The van der Waals surface area contributed by atoms with E-state index in [0.29, 0.717) is 16.5 Å². The van der Waals surface area contributed by atoms with Crippen LogP contribution < -0.4 is 4.74 Å². The van der Waals surface area contributed by atoms with Crippen LogP contribution in [0.5, 0.6) is 5.75 Å². The lowest BCUT2D eigenvalue weighted by atomic mass is 10.0. The van der Waals surface area contributed by atoms with Crippen LogP contribution >= 0.6 is 11.6 Å². The Balaban J connectivity index is 2.43. The minimum Gasteiger partial charge on any atom is -0.493 e. The SMILES string of the molecule is CCCn1ncc(OC)c1C(O)c1ccc(C)c(Cl)c1. The zero-order chi connectivity index (χ0) is 14.7. The molecule has 1 N–H and O–H groups in total. The van der Waals surface area contributed by atoms with Gasteiger partial charge in [0.25, 0.3) is 0 Å². The zero-order valence-electron chi connectivity index (χ0n) is 11.9. The number of rotatable bonds is 5. The molecule has 5 heteroatoms. The first-order valence-corrected chi connectivity index (χ1v) is 7.00. The molecule has 1 aromatic heterocycles. The Morgan fingerprint density at radius 1 is 1.45 bits per heavy atom. The smallest absolute Gasteiger partial charge is 0.163 e. The van der Waals surface area contributed by atoms with Gasteiger partial charge in [-0.05, 0) is 30.5 Å². The molecule has 108 valence electrons. The molecule has 0 saturated carbocycles. The summed E-state index contributed by atoms with van der Waals surface area (Å²) in [6.45, 7) is 4.73. The lowest BCUT2D eigenvalue weighted by Gasteiger charge is -2.16. The van der Waals surface area contributed by atoms with Crippen molar-refractivity contribution in [2.24, 2.45) is 0 Å². The molecule has 1 unspecified atom stereocenters. The number of ether oxygens (including phenoxy) is 1. The van der Waals surface area contributed by atoms with Crippen molar-refractivity contribution in [1.82, 2.24) is 9.78 Å². The monoisotopic (exact) mass is 294 g/mol. The predicted octanol–water partition coefficient (Wildman–Crippen LogP) is 3.35. The molecule has 20 heavy (non-hydrogen) atoms. The number of aliphatic hydroxyl groups is 1. The van der Waals surface area contributed by atoms with E-state index >= 15 is 0 Å². The molecule has 0 bridgehead atoms. The van der Waals surface area contributed by atoms with Crippen LogP contribution in [-0.2, 0) is 6.54 Å². The van der Waals surface area contributed by atoms with Gasteiger partial charge in [0, 0.05) is 11.6 Å². The summed E-state index contributed by atoms with van der Waals surface area (Å²) in [4.78, 5) is 0. The van der Waals surface area contributed by atoms with Crippen LogP contribution in [0.2, 0.25) is 5.02 Å². The molecule has 0 radical (unpaired) electrons. The number of aliphatic hydroxyl groups excluding tert-OH is 1. The van der Waals surface area contributed by atoms with E-state index < -0.39 is 6.10 Å².